The molecule has 0 N–H and O–H groups in total. The lowest BCUT2D eigenvalue weighted by Crippen LogP contribution is -2.59. The Bertz CT molecular complexity index is 1320. The highest BCUT2D eigenvalue weighted by Crippen LogP contribution is 2.43. The zero-order valence-corrected chi connectivity index (χ0v) is 25.7. The second-order valence-electron chi connectivity index (χ2n) is 12.1. The van der Waals surface area contributed by atoms with Gasteiger partial charge in [-0.3, -0.25) is 9.59 Å². The number of carbonyl (C=O) groups excluding carboxylic acids is 2. The van der Waals surface area contributed by atoms with Gasteiger partial charge in [-0.2, -0.15) is 0 Å². The molecule has 1 aromatic carbocycles. The molecule has 2 heterocycles. The molecule has 10 heteroatoms. The number of nitrogens with zero attached hydrogens (tertiary/aromatic N) is 3. The molecule has 2 atom stereocenters. The zero-order chi connectivity index (χ0) is 29.9. The summed E-state index contributed by atoms with van der Waals surface area (Å²) in [6.07, 6.45) is 4.06. The minimum absolute atomic E-state index is 0.0660. The Kier molecular flexibility index (Phi) is 9.51. The van der Waals surface area contributed by atoms with Gasteiger partial charge in [0, 0.05) is 64.2 Å². The number of hydrogen-bond donors (Lipinski definition) is 0. The number of pyridine rings is 1. The molecule has 1 saturated carbocycles. The average Bonchev–Trinajstić information content (AvgIpc) is 3.77. The first-order valence-corrected chi connectivity index (χ1v) is 14.5. The third-order valence-electron chi connectivity index (χ3n) is 7.94. The van der Waals surface area contributed by atoms with E-state index >= 15 is 0 Å². The van der Waals surface area contributed by atoms with Gasteiger partial charge >= 0.3 is 6.09 Å². The van der Waals surface area contributed by atoms with Crippen LogP contribution in [0, 0.1) is 5.92 Å². The molecule has 4 rings (SSSR count). The molecule has 0 bridgehead atoms. The fraction of sp³-hybridized carbons (Fsp3) is 0.581. The van der Waals surface area contributed by atoms with E-state index < -0.39 is 23.2 Å². The maximum Gasteiger partial charge on any atom is 0.410 e. The molecule has 224 valence electrons. The maximum absolute atomic E-state index is 14.6. The summed E-state index contributed by atoms with van der Waals surface area (Å²) < 4.78 is 18.6. The number of hydrogen-bond acceptors (Lipinski definition) is 6. The largest absolute Gasteiger partial charge is 0.444 e. The van der Waals surface area contributed by atoms with Crippen LogP contribution in [0.5, 0.6) is 0 Å². The molecular formula is C31H42ClN3O6. The van der Waals surface area contributed by atoms with Gasteiger partial charge in [0.05, 0.1) is 12.5 Å². The van der Waals surface area contributed by atoms with Gasteiger partial charge in [0.25, 0.3) is 5.56 Å². The van der Waals surface area contributed by atoms with Crippen LogP contribution >= 0.6 is 11.6 Å². The van der Waals surface area contributed by atoms with E-state index in [0.29, 0.717) is 36.7 Å². The van der Waals surface area contributed by atoms with Crippen molar-refractivity contribution in [3.8, 4) is 0 Å². The second-order valence-corrected chi connectivity index (χ2v) is 12.5. The molecule has 2 aliphatic rings. The summed E-state index contributed by atoms with van der Waals surface area (Å²) in [5.74, 6) is -0.904. The molecule has 2 aromatic rings. The molecule has 41 heavy (non-hydrogen) atoms. The number of benzene rings is 1. The minimum Gasteiger partial charge on any atom is -0.444 e. The summed E-state index contributed by atoms with van der Waals surface area (Å²) in [5.41, 5.74) is 0.591. The zero-order valence-electron chi connectivity index (χ0n) is 24.9. The van der Waals surface area contributed by atoms with Crippen LogP contribution in [0.3, 0.4) is 0 Å². The third-order valence-corrected chi connectivity index (χ3v) is 8.31. The van der Waals surface area contributed by atoms with Gasteiger partial charge in [0.2, 0.25) is 5.91 Å². The summed E-state index contributed by atoms with van der Waals surface area (Å²) >= 11 is 6.63. The lowest BCUT2D eigenvalue weighted by molar-refractivity contribution is -0.160. The topological polar surface area (TPSA) is 90.3 Å². The number of halogens is 1. The number of ether oxygens (including phenoxy) is 3. The lowest BCUT2D eigenvalue weighted by atomic mass is 9.75. The monoisotopic (exact) mass is 587 g/mol. The summed E-state index contributed by atoms with van der Waals surface area (Å²) in [4.78, 5) is 43.9. The average molecular weight is 588 g/mol. The first kappa shape index (κ1) is 31.1. The number of aryl methyl sites for hydroxylation is 1. The standard InChI is InChI=1S/C31H42ClN3O6/c1-30(2,3)41-29(38)34-15-13-31(40-6,23-11-14-33(4)27(36)18-23)25(20-34)28(37)35(24-8-9-24)19-22-17-21(12-16-39-5)7-10-26(22)32/h7,10-11,14,17-18,24-25H,8-9,12-13,15-16,19-20H2,1-6H3/t25-,31-/m1/s1. The van der Waals surface area contributed by atoms with Crippen molar-refractivity contribution in [2.75, 3.05) is 33.9 Å². The molecule has 1 saturated heterocycles. The van der Waals surface area contributed by atoms with Crippen molar-refractivity contribution in [1.82, 2.24) is 14.4 Å². The Hall–Kier alpha value is -2.88. The molecule has 0 unspecified atom stereocenters. The van der Waals surface area contributed by atoms with Crippen molar-refractivity contribution in [3.05, 3.63) is 68.6 Å². The number of amides is 2. The van der Waals surface area contributed by atoms with Crippen molar-refractivity contribution < 1.29 is 23.8 Å². The van der Waals surface area contributed by atoms with Crippen molar-refractivity contribution in [3.63, 3.8) is 0 Å². The van der Waals surface area contributed by atoms with Crippen molar-refractivity contribution in [2.45, 2.75) is 70.2 Å². The van der Waals surface area contributed by atoms with E-state index in [1.807, 2.05) is 49.9 Å². The number of piperidine rings is 1. The Morgan fingerprint density at radius 3 is 2.49 bits per heavy atom. The van der Waals surface area contributed by atoms with E-state index in [1.54, 1.807) is 32.4 Å². The summed E-state index contributed by atoms with van der Waals surface area (Å²) in [6, 6.07) is 9.29. The molecular weight excluding hydrogens is 546 g/mol. The van der Waals surface area contributed by atoms with E-state index in [1.165, 1.54) is 10.6 Å². The Balaban J connectivity index is 1.72. The van der Waals surface area contributed by atoms with Crippen molar-refractivity contribution >= 4 is 23.6 Å². The fourth-order valence-electron chi connectivity index (χ4n) is 5.51. The van der Waals surface area contributed by atoms with E-state index in [4.69, 9.17) is 25.8 Å². The number of carbonyl (C=O) groups is 2. The lowest BCUT2D eigenvalue weighted by Gasteiger charge is -2.47. The Morgan fingerprint density at radius 2 is 1.88 bits per heavy atom. The quantitative estimate of drug-likeness (QED) is 0.429. The van der Waals surface area contributed by atoms with Gasteiger partial charge in [-0.05, 0) is 75.3 Å². The maximum atomic E-state index is 14.6. The predicted octanol–water partition coefficient (Wildman–Crippen LogP) is 4.52. The number of rotatable bonds is 9. The first-order valence-electron chi connectivity index (χ1n) is 14.2. The van der Waals surface area contributed by atoms with E-state index in [2.05, 4.69) is 0 Å². The molecule has 2 fully saturated rings. The summed E-state index contributed by atoms with van der Waals surface area (Å²) in [6.45, 7) is 6.78. The minimum atomic E-state index is -1.10. The van der Waals surface area contributed by atoms with Gasteiger partial charge < -0.3 is 28.6 Å². The Labute approximate surface area is 247 Å². The number of likely N-dealkylation sites (tertiary alicyclic amines) is 1. The number of aromatic nitrogens is 1. The molecule has 1 aliphatic carbocycles. The van der Waals surface area contributed by atoms with Crippen molar-refractivity contribution in [2.24, 2.45) is 13.0 Å². The predicted molar refractivity (Wildman–Crippen MR) is 157 cm³/mol. The molecule has 0 radical (unpaired) electrons. The molecule has 9 nitrogen and oxygen atoms in total. The number of methoxy groups -OCH3 is 2. The highest BCUT2D eigenvalue weighted by Gasteiger charge is 2.52. The summed E-state index contributed by atoms with van der Waals surface area (Å²) in [7, 11) is 4.91. The van der Waals surface area contributed by atoms with E-state index in [9.17, 15) is 14.4 Å². The van der Waals surface area contributed by atoms with Crippen molar-refractivity contribution in [1.29, 1.82) is 0 Å². The molecule has 2 amide bonds. The van der Waals surface area contributed by atoms with Crippen LogP contribution in [0.4, 0.5) is 4.79 Å². The smallest absolute Gasteiger partial charge is 0.410 e. The molecule has 1 aromatic heterocycles. The van der Waals surface area contributed by atoms with Gasteiger partial charge in [-0.25, -0.2) is 4.79 Å². The van der Waals surface area contributed by atoms with Crippen LogP contribution in [0.1, 0.15) is 56.7 Å². The second kappa shape index (κ2) is 12.5. The van der Waals surface area contributed by atoms with Gasteiger partial charge in [-0.15, -0.1) is 0 Å². The van der Waals surface area contributed by atoms with Crippen LogP contribution in [0.2, 0.25) is 5.02 Å². The highest BCUT2D eigenvalue weighted by molar-refractivity contribution is 6.31. The van der Waals surface area contributed by atoms with Crippen LogP contribution in [0.15, 0.2) is 41.3 Å². The third kappa shape index (κ3) is 7.13. The van der Waals surface area contributed by atoms with Crippen LogP contribution in [-0.4, -0.2) is 71.9 Å². The summed E-state index contributed by atoms with van der Waals surface area (Å²) in [5, 5.41) is 0.591. The fourth-order valence-corrected chi connectivity index (χ4v) is 5.68. The van der Waals surface area contributed by atoms with Gasteiger partial charge in [0.15, 0.2) is 0 Å². The first-order chi connectivity index (χ1) is 19.4. The van der Waals surface area contributed by atoms with Crippen LogP contribution < -0.4 is 5.56 Å². The SMILES string of the molecule is COCCc1ccc(Cl)c(CN(C(=O)[C@H]2CN(C(=O)OC(C)(C)C)CC[C@@]2(OC)c2ccn(C)c(=O)c2)C2CC2)c1. The Morgan fingerprint density at radius 1 is 1.15 bits per heavy atom. The molecule has 1 aliphatic heterocycles. The van der Waals surface area contributed by atoms with E-state index in [0.717, 1.165) is 30.4 Å². The highest BCUT2D eigenvalue weighted by atomic mass is 35.5. The van der Waals surface area contributed by atoms with Crippen LogP contribution in [-0.2, 0) is 44.6 Å². The van der Waals surface area contributed by atoms with E-state index in [-0.39, 0.29) is 24.1 Å². The van der Waals surface area contributed by atoms with Gasteiger partial charge in [0.1, 0.15) is 11.2 Å². The van der Waals surface area contributed by atoms with Gasteiger partial charge in [-0.1, -0.05) is 23.7 Å². The van der Waals surface area contributed by atoms with Crippen LogP contribution in [0.25, 0.3) is 0 Å². The molecule has 0 spiro atoms. The normalized spacial score (nSPS) is 21.0.